The van der Waals surface area contributed by atoms with Crippen molar-refractivity contribution in [2.24, 2.45) is 0 Å². The molecule has 4 rings (SSSR count). The van der Waals surface area contributed by atoms with E-state index in [0.29, 0.717) is 34.5 Å². The van der Waals surface area contributed by atoms with Gasteiger partial charge in [-0.2, -0.15) is 0 Å². The Morgan fingerprint density at radius 3 is 2.66 bits per heavy atom. The van der Waals surface area contributed by atoms with Crippen molar-refractivity contribution in [2.75, 3.05) is 5.32 Å². The quantitative estimate of drug-likeness (QED) is 0.526. The number of hydrogen-bond acceptors (Lipinski definition) is 3. The highest BCUT2D eigenvalue weighted by molar-refractivity contribution is 5.97. The van der Waals surface area contributed by atoms with E-state index in [9.17, 15) is 14.0 Å². The van der Waals surface area contributed by atoms with Crippen molar-refractivity contribution in [1.82, 2.24) is 4.98 Å². The van der Waals surface area contributed by atoms with E-state index in [2.05, 4.69) is 10.3 Å². The fourth-order valence-corrected chi connectivity index (χ4v) is 3.30. The van der Waals surface area contributed by atoms with Crippen LogP contribution < -0.4 is 10.9 Å². The highest BCUT2D eigenvalue weighted by Crippen LogP contribution is 2.25. The van der Waals surface area contributed by atoms with Gasteiger partial charge in [-0.15, -0.1) is 0 Å². The van der Waals surface area contributed by atoms with Crippen LogP contribution in [0.2, 0.25) is 0 Å². The minimum Gasteiger partial charge on any atom is -0.469 e. The number of nitrogens with one attached hydrogen (secondary N) is 2. The average Bonchev–Trinajstić information content (AvgIpc) is 3.21. The summed E-state index contributed by atoms with van der Waals surface area (Å²) in [5.74, 6) is -0.510. The number of aryl methyl sites for hydroxylation is 1. The summed E-state index contributed by atoms with van der Waals surface area (Å²) in [6.07, 6.45) is 1.89. The van der Waals surface area contributed by atoms with Crippen molar-refractivity contribution in [1.29, 1.82) is 0 Å². The molecule has 0 aliphatic carbocycles. The van der Waals surface area contributed by atoms with Crippen molar-refractivity contribution in [2.45, 2.75) is 19.3 Å². The molecule has 2 aromatic carbocycles. The monoisotopic (exact) mass is 390 g/mol. The Bertz CT molecular complexity index is 1210. The van der Waals surface area contributed by atoms with Crippen molar-refractivity contribution in [3.05, 3.63) is 100.0 Å². The fraction of sp³-hybridized carbons (Fsp3) is 0.130. The molecule has 0 fully saturated rings. The first kappa shape index (κ1) is 18.7. The highest BCUT2D eigenvalue weighted by atomic mass is 19.1. The summed E-state index contributed by atoms with van der Waals surface area (Å²) in [4.78, 5) is 27.8. The van der Waals surface area contributed by atoms with Gasteiger partial charge in [-0.1, -0.05) is 18.2 Å². The Hall–Kier alpha value is -3.67. The molecule has 0 aliphatic heterocycles. The van der Waals surface area contributed by atoms with E-state index in [-0.39, 0.29) is 17.3 Å². The smallest absolute Gasteiger partial charge is 0.251 e. The third kappa shape index (κ3) is 4.11. The number of pyridine rings is 1. The van der Waals surface area contributed by atoms with Crippen molar-refractivity contribution < 1.29 is 13.6 Å². The van der Waals surface area contributed by atoms with Crippen LogP contribution in [-0.4, -0.2) is 10.9 Å². The molecule has 1 atom stereocenters. The lowest BCUT2D eigenvalue weighted by molar-refractivity contribution is -0.117. The van der Waals surface area contributed by atoms with Crippen LogP contribution in [0.3, 0.4) is 0 Å². The lowest BCUT2D eigenvalue weighted by atomic mass is 9.93. The van der Waals surface area contributed by atoms with Gasteiger partial charge >= 0.3 is 0 Å². The average molecular weight is 390 g/mol. The summed E-state index contributed by atoms with van der Waals surface area (Å²) in [6, 6.07) is 16.6. The van der Waals surface area contributed by atoms with Crippen LogP contribution in [0.5, 0.6) is 0 Å². The number of benzene rings is 2. The fourth-order valence-electron chi connectivity index (χ4n) is 3.30. The number of rotatable bonds is 5. The van der Waals surface area contributed by atoms with Gasteiger partial charge in [0.1, 0.15) is 11.6 Å². The molecular formula is C23H19FN2O3. The highest BCUT2D eigenvalue weighted by Gasteiger charge is 2.23. The standard InChI is InChI=1S/C23H19FN2O3/c1-14-11-16-6-9-18(12-21(16)26-22(14)27)25-23(28)20(13-19-3-2-10-29-19)15-4-7-17(24)8-5-15/h2-12,20H,13H2,1H3,(H,25,28)(H,26,27). The van der Waals surface area contributed by atoms with Gasteiger partial charge in [-0.3, -0.25) is 9.59 Å². The number of aromatic amines is 1. The summed E-state index contributed by atoms with van der Waals surface area (Å²) >= 11 is 0. The molecule has 0 radical (unpaired) electrons. The Morgan fingerprint density at radius 1 is 1.14 bits per heavy atom. The van der Waals surface area contributed by atoms with Gasteiger partial charge in [0.05, 0.1) is 17.7 Å². The normalized spacial score (nSPS) is 12.1. The van der Waals surface area contributed by atoms with Crippen molar-refractivity contribution in [3.8, 4) is 0 Å². The lowest BCUT2D eigenvalue weighted by Crippen LogP contribution is -2.23. The summed E-state index contributed by atoms with van der Waals surface area (Å²) < 4.78 is 18.7. The van der Waals surface area contributed by atoms with Gasteiger partial charge in [-0.25, -0.2) is 4.39 Å². The van der Waals surface area contributed by atoms with Gasteiger partial charge < -0.3 is 14.7 Å². The molecule has 146 valence electrons. The SMILES string of the molecule is Cc1cc2ccc(NC(=O)C(Cc3ccco3)c3ccc(F)cc3)cc2[nH]c1=O. The first-order valence-corrected chi connectivity index (χ1v) is 9.22. The van der Waals surface area contributed by atoms with Crippen LogP contribution in [0.15, 0.2) is 76.1 Å². The zero-order valence-corrected chi connectivity index (χ0v) is 15.7. The number of furan rings is 1. The van der Waals surface area contributed by atoms with Crippen LogP contribution in [0, 0.1) is 12.7 Å². The zero-order chi connectivity index (χ0) is 20.4. The van der Waals surface area contributed by atoms with Gasteiger partial charge in [-0.05, 0) is 60.3 Å². The Labute approximate surface area is 166 Å². The molecule has 0 spiro atoms. The number of halogens is 1. The molecule has 1 amide bonds. The molecule has 2 N–H and O–H groups in total. The number of fused-ring (bicyclic) bond motifs is 1. The third-order valence-corrected chi connectivity index (χ3v) is 4.87. The van der Waals surface area contributed by atoms with E-state index in [1.165, 1.54) is 12.1 Å². The number of anilines is 1. The van der Waals surface area contributed by atoms with Crippen LogP contribution >= 0.6 is 0 Å². The minimum absolute atomic E-state index is 0.164. The van der Waals surface area contributed by atoms with Crippen LogP contribution in [-0.2, 0) is 11.2 Å². The first-order chi connectivity index (χ1) is 14.0. The first-order valence-electron chi connectivity index (χ1n) is 9.22. The molecule has 0 bridgehead atoms. The van der Waals surface area contributed by atoms with E-state index >= 15 is 0 Å². The van der Waals surface area contributed by atoms with Crippen LogP contribution in [0.25, 0.3) is 10.9 Å². The minimum atomic E-state index is -0.561. The molecule has 0 saturated heterocycles. The Balaban J connectivity index is 1.63. The molecule has 5 nitrogen and oxygen atoms in total. The number of carbonyl (C=O) groups is 1. The van der Waals surface area contributed by atoms with E-state index in [1.807, 2.05) is 6.07 Å². The summed E-state index contributed by atoms with van der Waals surface area (Å²) in [5, 5.41) is 3.78. The number of carbonyl (C=O) groups excluding carboxylic acids is 1. The second-order valence-electron chi connectivity index (χ2n) is 6.96. The van der Waals surface area contributed by atoms with Crippen molar-refractivity contribution in [3.63, 3.8) is 0 Å². The maximum absolute atomic E-state index is 13.3. The molecule has 2 heterocycles. The molecule has 1 unspecified atom stereocenters. The summed E-state index contributed by atoms with van der Waals surface area (Å²) in [5.41, 5.74) is 2.36. The van der Waals surface area contributed by atoms with Crippen LogP contribution in [0.4, 0.5) is 10.1 Å². The predicted octanol–water partition coefficient (Wildman–Crippen LogP) is 4.53. The Morgan fingerprint density at radius 2 is 1.93 bits per heavy atom. The maximum Gasteiger partial charge on any atom is 0.251 e. The van der Waals surface area contributed by atoms with E-state index in [0.717, 1.165) is 5.39 Å². The lowest BCUT2D eigenvalue weighted by Gasteiger charge is -2.17. The molecule has 0 aliphatic rings. The number of hydrogen-bond donors (Lipinski definition) is 2. The van der Waals surface area contributed by atoms with Gasteiger partial charge in [0, 0.05) is 17.7 Å². The predicted molar refractivity (Wildman–Crippen MR) is 109 cm³/mol. The van der Waals surface area contributed by atoms with Gasteiger partial charge in [0.15, 0.2) is 0 Å². The Kier molecular flexibility index (Phi) is 4.99. The molecule has 6 heteroatoms. The third-order valence-electron chi connectivity index (χ3n) is 4.87. The topological polar surface area (TPSA) is 75.1 Å². The summed E-state index contributed by atoms with van der Waals surface area (Å²) in [7, 11) is 0. The second kappa shape index (κ2) is 7.75. The van der Waals surface area contributed by atoms with Crippen molar-refractivity contribution >= 4 is 22.5 Å². The summed E-state index contributed by atoms with van der Waals surface area (Å²) in [6.45, 7) is 1.75. The van der Waals surface area contributed by atoms with E-state index in [4.69, 9.17) is 4.42 Å². The number of aromatic nitrogens is 1. The largest absolute Gasteiger partial charge is 0.469 e. The van der Waals surface area contributed by atoms with Gasteiger partial charge in [0.25, 0.3) is 5.56 Å². The maximum atomic E-state index is 13.3. The molecule has 0 saturated carbocycles. The van der Waals surface area contributed by atoms with E-state index < -0.39 is 5.92 Å². The number of H-pyrrole nitrogens is 1. The van der Waals surface area contributed by atoms with E-state index in [1.54, 1.807) is 55.7 Å². The van der Waals surface area contributed by atoms with Gasteiger partial charge in [0.2, 0.25) is 5.91 Å². The molecule has 4 aromatic rings. The zero-order valence-electron chi connectivity index (χ0n) is 15.7. The second-order valence-corrected chi connectivity index (χ2v) is 6.96. The number of amides is 1. The molecule has 29 heavy (non-hydrogen) atoms. The molecular weight excluding hydrogens is 371 g/mol. The molecule has 2 aromatic heterocycles. The van der Waals surface area contributed by atoms with Crippen LogP contribution in [0.1, 0.15) is 22.8 Å².